The van der Waals surface area contributed by atoms with Gasteiger partial charge in [-0.05, 0) is 78.4 Å². The molecule has 1 aromatic heterocycles. The summed E-state index contributed by atoms with van der Waals surface area (Å²) >= 11 is 0. The third kappa shape index (κ3) is 6.39. The SMILES string of the molecule is O=C(NCc1ccc(Oc2ccc(F)cc2)nc1)c1ccc(S(=O)(=O)Nc2ccc(F)cc2)cc1. The summed E-state index contributed by atoms with van der Waals surface area (Å²) in [6.45, 7) is 0.189. The molecule has 0 fully saturated rings. The number of rotatable bonds is 8. The lowest BCUT2D eigenvalue weighted by molar-refractivity contribution is 0.0950. The average molecular weight is 496 g/mol. The Balaban J connectivity index is 1.32. The van der Waals surface area contributed by atoms with E-state index in [1.54, 1.807) is 12.1 Å². The van der Waals surface area contributed by atoms with Crippen molar-refractivity contribution < 1.29 is 26.7 Å². The molecule has 2 N–H and O–H groups in total. The first kappa shape index (κ1) is 23.8. The molecule has 0 bridgehead atoms. The highest BCUT2D eigenvalue weighted by molar-refractivity contribution is 7.92. The van der Waals surface area contributed by atoms with Gasteiger partial charge in [0.25, 0.3) is 15.9 Å². The Morgan fingerprint density at radius 3 is 2.06 bits per heavy atom. The number of halogens is 2. The molecule has 178 valence electrons. The van der Waals surface area contributed by atoms with E-state index in [-0.39, 0.29) is 28.5 Å². The van der Waals surface area contributed by atoms with Crippen LogP contribution in [0.15, 0.2) is 96.0 Å². The Morgan fingerprint density at radius 1 is 0.829 bits per heavy atom. The Kier molecular flexibility index (Phi) is 7.02. The molecule has 10 heteroatoms. The normalized spacial score (nSPS) is 11.0. The predicted molar refractivity (Wildman–Crippen MR) is 126 cm³/mol. The van der Waals surface area contributed by atoms with Crippen LogP contribution in [-0.4, -0.2) is 19.3 Å². The summed E-state index contributed by atoms with van der Waals surface area (Å²) in [5, 5.41) is 2.73. The number of hydrogen-bond acceptors (Lipinski definition) is 5. The molecule has 1 heterocycles. The molecule has 4 aromatic rings. The molecule has 0 saturated carbocycles. The van der Waals surface area contributed by atoms with Gasteiger partial charge in [-0.25, -0.2) is 22.2 Å². The fourth-order valence-electron chi connectivity index (χ4n) is 3.00. The number of benzene rings is 3. The molecule has 4 rings (SSSR count). The second-order valence-electron chi connectivity index (χ2n) is 7.38. The van der Waals surface area contributed by atoms with Crippen LogP contribution in [0.5, 0.6) is 11.6 Å². The van der Waals surface area contributed by atoms with Gasteiger partial charge in [-0.1, -0.05) is 6.07 Å². The van der Waals surface area contributed by atoms with E-state index in [0.29, 0.717) is 17.2 Å². The lowest BCUT2D eigenvalue weighted by atomic mass is 10.2. The predicted octanol–water partition coefficient (Wildman–Crippen LogP) is 4.88. The number of aromatic nitrogens is 1. The van der Waals surface area contributed by atoms with Crippen molar-refractivity contribution in [3.05, 3.63) is 114 Å². The van der Waals surface area contributed by atoms with E-state index in [4.69, 9.17) is 4.74 Å². The Hall–Kier alpha value is -4.31. The first-order valence-electron chi connectivity index (χ1n) is 10.3. The molecular weight excluding hydrogens is 476 g/mol. The monoisotopic (exact) mass is 495 g/mol. The van der Waals surface area contributed by atoms with Crippen LogP contribution in [0.25, 0.3) is 0 Å². The van der Waals surface area contributed by atoms with Crippen LogP contribution < -0.4 is 14.8 Å². The summed E-state index contributed by atoms with van der Waals surface area (Å²) in [7, 11) is -3.90. The first-order valence-corrected chi connectivity index (χ1v) is 11.8. The Labute approximate surface area is 200 Å². The van der Waals surface area contributed by atoms with Crippen LogP contribution in [-0.2, 0) is 16.6 Å². The largest absolute Gasteiger partial charge is 0.439 e. The summed E-state index contributed by atoms with van der Waals surface area (Å²) in [4.78, 5) is 16.6. The Morgan fingerprint density at radius 2 is 1.46 bits per heavy atom. The highest BCUT2D eigenvalue weighted by atomic mass is 32.2. The number of amides is 1. The molecule has 0 aliphatic rings. The molecular formula is C25H19F2N3O4S. The molecule has 0 spiro atoms. The van der Waals surface area contributed by atoms with Crippen molar-refractivity contribution in [1.82, 2.24) is 10.3 Å². The van der Waals surface area contributed by atoms with E-state index in [1.165, 1.54) is 66.9 Å². The molecule has 0 aliphatic heterocycles. The van der Waals surface area contributed by atoms with Gasteiger partial charge in [0, 0.05) is 30.1 Å². The zero-order valence-corrected chi connectivity index (χ0v) is 18.9. The van der Waals surface area contributed by atoms with Crippen molar-refractivity contribution in [2.45, 2.75) is 11.4 Å². The van der Waals surface area contributed by atoms with Crippen LogP contribution in [0.1, 0.15) is 15.9 Å². The fraction of sp³-hybridized carbons (Fsp3) is 0.0400. The molecule has 0 saturated heterocycles. The second kappa shape index (κ2) is 10.3. The zero-order valence-electron chi connectivity index (χ0n) is 18.1. The maximum atomic E-state index is 13.0. The van der Waals surface area contributed by atoms with E-state index < -0.39 is 21.7 Å². The quantitative estimate of drug-likeness (QED) is 0.363. The number of anilines is 1. The van der Waals surface area contributed by atoms with Gasteiger partial charge < -0.3 is 10.1 Å². The van der Waals surface area contributed by atoms with Crippen LogP contribution in [0.4, 0.5) is 14.5 Å². The lowest BCUT2D eigenvalue weighted by Gasteiger charge is -2.10. The van der Waals surface area contributed by atoms with Crippen LogP contribution >= 0.6 is 0 Å². The third-order valence-corrected chi connectivity index (χ3v) is 6.21. The summed E-state index contributed by atoms with van der Waals surface area (Å²) in [6, 6.07) is 19.2. The summed E-state index contributed by atoms with van der Waals surface area (Å²) in [6.07, 6.45) is 1.54. The van der Waals surface area contributed by atoms with Gasteiger partial charge in [0.15, 0.2) is 0 Å². The minimum Gasteiger partial charge on any atom is -0.439 e. The number of sulfonamides is 1. The van der Waals surface area contributed by atoms with E-state index in [9.17, 15) is 22.0 Å². The molecule has 0 atom stereocenters. The highest BCUT2D eigenvalue weighted by Gasteiger charge is 2.15. The van der Waals surface area contributed by atoms with Crippen molar-refractivity contribution in [2.24, 2.45) is 0 Å². The van der Waals surface area contributed by atoms with Crippen molar-refractivity contribution >= 4 is 21.6 Å². The molecule has 3 aromatic carbocycles. The number of nitrogens with zero attached hydrogens (tertiary/aromatic N) is 1. The molecule has 0 unspecified atom stereocenters. The average Bonchev–Trinajstić information content (AvgIpc) is 2.86. The molecule has 0 radical (unpaired) electrons. The number of carbonyl (C=O) groups excluding carboxylic acids is 1. The molecule has 35 heavy (non-hydrogen) atoms. The van der Waals surface area contributed by atoms with E-state index in [0.717, 1.165) is 12.1 Å². The minimum absolute atomic E-state index is 0.0423. The summed E-state index contributed by atoms with van der Waals surface area (Å²) in [5.74, 6) is -0.481. The number of nitrogens with one attached hydrogen (secondary N) is 2. The van der Waals surface area contributed by atoms with E-state index >= 15 is 0 Å². The maximum absolute atomic E-state index is 13.0. The first-order chi connectivity index (χ1) is 16.8. The zero-order chi connectivity index (χ0) is 24.8. The van der Waals surface area contributed by atoms with Crippen LogP contribution in [0.2, 0.25) is 0 Å². The van der Waals surface area contributed by atoms with Gasteiger partial charge in [-0.2, -0.15) is 0 Å². The number of carbonyl (C=O) groups is 1. The maximum Gasteiger partial charge on any atom is 0.261 e. The fourth-order valence-corrected chi connectivity index (χ4v) is 4.06. The van der Waals surface area contributed by atoms with Gasteiger partial charge in [0.2, 0.25) is 5.88 Å². The van der Waals surface area contributed by atoms with Crippen molar-refractivity contribution in [3.63, 3.8) is 0 Å². The smallest absolute Gasteiger partial charge is 0.261 e. The highest BCUT2D eigenvalue weighted by Crippen LogP contribution is 2.20. The van der Waals surface area contributed by atoms with Gasteiger partial charge >= 0.3 is 0 Å². The molecule has 7 nitrogen and oxygen atoms in total. The van der Waals surface area contributed by atoms with E-state index in [2.05, 4.69) is 15.0 Å². The second-order valence-corrected chi connectivity index (χ2v) is 9.06. The van der Waals surface area contributed by atoms with Crippen LogP contribution in [0, 0.1) is 11.6 Å². The van der Waals surface area contributed by atoms with Gasteiger partial charge in [0.1, 0.15) is 17.4 Å². The van der Waals surface area contributed by atoms with Crippen molar-refractivity contribution in [1.29, 1.82) is 0 Å². The summed E-state index contributed by atoms with van der Waals surface area (Å²) < 4.78 is 58.9. The number of ether oxygens (including phenoxy) is 1. The Bertz CT molecular complexity index is 1410. The topological polar surface area (TPSA) is 97.4 Å². The third-order valence-electron chi connectivity index (χ3n) is 4.81. The van der Waals surface area contributed by atoms with Crippen molar-refractivity contribution in [3.8, 4) is 11.6 Å². The minimum atomic E-state index is -3.90. The van der Waals surface area contributed by atoms with Gasteiger partial charge in [-0.3, -0.25) is 9.52 Å². The molecule has 0 aliphatic carbocycles. The van der Waals surface area contributed by atoms with Gasteiger partial charge in [-0.15, -0.1) is 0 Å². The summed E-state index contributed by atoms with van der Waals surface area (Å²) in [5.41, 5.74) is 1.21. The number of hydrogen-bond donors (Lipinski definition) is 2. The molecule has 1 amide bonds. The van der Waals surface area contributed by atoms with Crippen molar-refractivity contribution in [2.75, 3.05) is 4.72 Å². The number of pyridine rings is 1. The van der Waals surface area contributed by atoms with E-state index in [1.807, 2.05) is 0 Å². The lowest BCUT2D eigenvalue weighted by Crippen LogP contribution is -2.23. The van der Waals surface area contributed by atoms with Gasteiger partial charge in [0.05, 0.1) is 4.90 Å². The van der Waals surface area contributed by atoms with Crippen LogP contribution in [0.3, 0.4) is 0 Å². The standard InChI is InChI=1S/C25H19F2N3O4S/c26-19-4-8-21(9-5-19)30-35(32,33)23-12-2-18(3-13-23)25(31)29-16-17-1-14-24(28-15-17)34-22-10-6-20(27)7-11-22/h1-15,30H,16H2,(H,29,31).